The molecule has 0 saturated carbocycles. The minimum absolute atomic E-state index is 0.0147. The van der Waals surface area contributed by atoms with E-state index < -0.39 is 18.5 Å². The quantitative estimate of drug-likeness (QED) is 0.464. The Kier molecular flexibility index (Phi) is 6.67. The highest BCUT2D eigenvalue weighted by molar-refractivity contribution is 7.99. The van der Waals surface area contributed by atoms with E-state index in [-0.39, 0.29) is 5.75 Å². The zero-order chi connectivity index (χ0) is 19.9. The lowest BCUT2D eigenvalue weighted by atomic mass is 10.3. The maximum Gasteiger partial charge on any atom is 0.316 e. The molecule has 1 N–H and O–H groups in total. The molecule has 7 nitrogen and oxygen atoms in total. The SMILES string of the molecule is COc1ccc(Cl)cc1NC(=O)COC(=O)CSc1cnc2ccccc2n1. The first-order valence-corrected chi connectivity index (χ1v) is 9.55. The van der Waals surface area contributed by atoms with Crippen molar-refractivity contribution in [1.82, 2.24) is 9.97 Å². The molecule has 0 atom stereocenters. The molecule has 0 aliphatic heterocycles. The van der Waals surface area contributed by atoms with Crippen LogP contribution < -0.4 is 10.1 Å². The second-order valence-corrected chi connectivity index (χ2v) is 6.97. The van der Waals surface area contributed by atoms with E-state index in [4.69, 9.17) is 21.1 Å². The molecule has 0 saturated heterocycles. The molecule has 2 aromatic carbocycles. The Morgan fingerprint density at radius 3 is 2.75 bits per heavy atom. The summed E-state index contributed by atoms with van der Waals surface area (Å²) < 4.78 is 10.1. The Hall–Kier alpha value is -2.84. The molecule has 1 amide bonds. The van der Waals surface area contributed by atoms with Crippen LogP contribution >= 0.6 is 23.4 Å². The summed E-state index contributed by atoms with van der Waals surface area (Å²) in [6.07, 6.45) is 1.60. The van der Waals surface area contributed by atoms with Gasteiger partial charge in [-0.1, -0.05) is 35.5 Å². The summed E-state index contributed by atoms with van der Waals surface area (Å²) in [5.41, 5.74) is 1.93. The van der Waals surface area contributed by atoms with Crippen LogP contribution in [0.25, 0.3) is 11.0 Å². The van der Waals surface area contributed by atoms with Gasteiger partial charge in [-0.05, 0) is 30.3 Å². The number of nitrogens with zero attached hydrogens (tertiary/aromatic N) is 2. The van der Waals surface area contributed by atoms with Crippen molar-refractivity contribution in [2.75, 3.05) is 24.8 Å². The van der Waals surface area contributed by atoms with Crippen LogP contribution in [0.4, 0.5) is 5.69 Å². The van der Waals surface area contributed by atoms with Crippen molar-refractivity contribution in [1.29, 1.82) is 0 Å². The standard InChI is InChI=1S/C19H16ClN3O4S/c1-26-16-7-6-12(20)8-15(16)22-17(24)10-27-19(25)11-28-18-9-21-13-4-2-3-5-14(13)23-18/h2-9H,10-11H2,1H3,(H,22,24). The van der Waals surface area contributed by atoms with Crippen LogP contribution in [0.15, 0.2) is 53.7 Å². The summed E-state index contributed by atoms with van der Waals surface area (Å²) in [5, 5.41) is 3.64. The number of hydrogen-bond donors (Lipinski definition) is 1. The Morgan fingerprint density at radius 1 is 1.18 bits per heavy atom. The number of carbonyl (C=O) groups excluding carboxylic acids is 2. The lowest BCUT2D eigenvalue weighted by Gasteiger charge is -2.10. The predicted octanol–water partition coefficient (Wildman–Crippen LogP) is 3.57. The molecule has 3 rings (SSSR count). The number of nitrogens with one attached hydrogen (secondary N) is 1. The third-order valence-electron chi connectivity index (χ3n) is 3.56. The topological polar surface area (TPSA) is 90.4 Å². The highest BCUT2D eigenvalue weighted by atomic mass is 35.5. The van der Waals surface area contributed by atoms with Crippen molar-refractivity contribution in [3.63, 3.8) is 0 Å². The zero-order valence-electron chi connectivity index (χ0n) is 14.8. The lowest BCUT2D eigenvalue weighted by molar-refractivity contribution is -0.144. The molecule has 0 bridgehead atoms. The fourth-order valence-corrected chi connectivity index (χ4v) is 3.11. The smallest absolute Gasteiger partial charge is 0.316 e. The Balaban J connectivity index is 1.48. The van der Waals surface area contributed by atoms with E-state index in [2.05, 4.69) is 15.3 Å². The number of methoxy groups -OCH3 is 1. The molecule has 0 radical (unpaired) electrons. The third kappa shape index (κ3) is 5.34. The van der Waals surface area contributed by atoms with Gasteiger partial charge >= 0.3 is 5.97 Å². The van der Waals surface area contributed by atoms with Crippen LogP contribution in [0.1, 0.15) is 0 Å². The Morgan fingerprint density at radius 2 is 1.96 bits per heavy atom. The van der Waals surface area contributed by atoms with Crippen molar-refractivity contribution < 1.29 is 19.1 Å². The van der Waals surface area contributed by atoms with Gasteiger partial charge in [0, 0.05) is 5.02 Å². The van der Waals surface area contributed by atoms with Gasteiger partial charge < -0.3 is 14.8 Å². The fraction of sp³-hybridized carbons (Fsp3) is 0.158. The number of fused-ring (bicyclic) bond motifs is 1. The summed E-state index contributed by atoms with van der Waals surface area (Å²) >= 11 is 7.10. The summed E-state index contributed by atoms with van der Waals surface area (Å²) in [4.78, 5) is 32.6. The molecule has 0 aliphatic rings. The number of anilines is 1. The van der Waals surface area contributed by atoms with E-state index in [1.54, 1.807) is 24.4 Å². The molecule has 0 fully saturated rings. The van der Waals surface area contributed by atoms with Crippen molar-refractivity contribution in [2.45, 2.75) is 5.03 Å². The first-order chi connectivity index (χ1) is 13.5. The van der Waals surface area contributed by atoms with Gasteiger partial charge in [-0.15, -0.1) is 0 Å². The largest absolute Gasteiger partial charge is 0.495 e. The number of esters is 1. The molecule has 0 spiro atoms. The zero-order valence-corrected chi connectivity index (χ0v) is 16.4. The van der Waals surface area contributed by atoms with E-state index in [0.29, 0.717) is 21.5 Å². The molecular formula is C19H16ClN3O4S. The van der Waals surface area contributed by atoms with Crippen LogP contribution in [-0.4, -0.2) is 41.3 Å². The number of amides is 1. The average Bonchev–Trinajstić information content (AvgIpc) is 2.70. The van der Waals surface area contributed by atoms with Crippen LogP contribution in [-0.2, 0) is 14.3 Å². The second-order valence-electron chi connectivity index (χ2n) is 5.54. The van der Waals surface area contributed by atoms with E-state index in [1.807, 2.05) is 24.3 Å². The molecule has 3 aromatic rings. The van der Waals surface area contributed by atoms with Gasteiger partial charge in [0.25, 0.3) is 5.91 Å². The maximum absolute atomic E-state index is 12.0. The highest BCUT2D eigenvalue weighted by Gasteiger charge is 2.12. The third-order valence-corrected chi connectivity index (χ3v) is 4.67. The number of rotatable bonds is 7. The number of ether oxygens (including phenoxy) is 2. The average molecular weight is 418 g/mol. The summed E-state index contributed by atoms with van der Waals surface area (Å²) in [6.45, 7) is -0.418. The molecule has 144 valence electrons. The predicted molar refractivity (Wildman–Crippen MR) is 108 cm³/mol. The number of para-hydroxylation sites is 2. The molecule has 28 heavy (non-hydrogen) atoms. The van der Waals surface area contributed by atoms with Gasteiger partial charge in [-0.2, -0.15) is 0 Å². The molecule has 0 aliphatic carbocycles. The fourth-order valence-electron chi connectivity index (χ4n) is 2.29. The minimum atomic E-state index is -0.534. The van der Waals surface area contributed by atoms with E-state index >= 15 is 0 Å². The normalized spacial score (nSPS) is 10.5. The summed E-state index contributed by atoms with van der Waals surface area (Å²) in [7, 11) is 1.48. The van der Waals surface area contributed by atoms with Gasteiger partial charge in [0.15, 0.2) is 6.61 Å². The van der Waals surface area contributed by atoms with Crippen molar-refractivity contribution in [2.24, 2.45) is 0 Å². The number of carbonyl (C=O) groups is 2. The molecular weight excluding hydrogens is 402 g/mol. The first kappa shape index (κ1) is 19.9. The van der Waals surface area contributed by atoms with E-state index in [9.17, 15) is 9.59 Å². The molecule has 1 heterocycles. The Bertz CT molecular complexity index is 1020. The lowest BCUT2D eigenvalue weighted by Crippen LogP contribution is -2.22. The van der Waals surface area contributed by atoms with Crippen LogP contribution in [0.2, 0.25) is 5.02 Å². The molecule has 1 aromatic heterocycles. The summed E-state index contributed by atoms with van der Waals surface area (Å²) in [6, 6.07) is 12.3. The number of benzene rings is 2. The minimum Gasteiger partial charge on any atom is -0.495 e. The van der Waals surface area contributed by atoms with E-state index in [1.165, 1.54) is 18.9 Å². The monoisotopic (exact) mass is 417 g/mol. The second kappa shape index (κ2) is 9.38. The van der Waals surface area contributed by atoms with Crippen LogP contribution in [0, 0.1) is 0 Å². The highest BCUT2D eigenvalue weighted by Crippen LogP contribution is 2.27. The molecule has 0 unspecified atom stereocenters. The number of thioether (sulfide) groups is 1. The van der Waals surface area contributed by atoms with Crippen molar-refractivity contribution in [3.05, 3.63) is 53.7 Å². The van der Waals surface area contributed by atoms with Gasteiger partial charge in [0.2, 0.25) is 0 Å². The molecule has 9 heteroatoms. The Labute approximate surface area is 170 Å². The number of aromatic nitrogens is 2. The number of hydrogen-bond acceptors (Lipinski definition) is 7. The maximum atomic E-state index is 12.0. The van der Waals surface area contributed by atoms with Gasteiger partial charge in [0.05, 0.1) is 35.8 Å². The first-order valence-electron chi connectivity index (χ1n) is 8.19. The van der Waals surface area contributed by atoms with E-state index in [0.717, 1.165) is 11.0 Å². The number of halogens is 1. The van der Waals surface area contributed by atoms with Crippen LogP contribution in [0.3, 0.4) is 0 Å². The summed E-state index contributed by atoms with van der Waals surface area (Å²) in [5.74, 6) is -0.562. The van der Waals surface area contributed by atoms with Crippen molar-refractivity contribution >= 4 is 52.0 Å². The van der Waals surface area contributed by atoms with Gasteiger partial charge in [-0.3, -0.25) is 14.6 Å². The van der Waals surface area contributed by atoms with Gasteiger partial charge in [-0.25, -0.2) is 4.98 Å². The van der Waals surface area contributed by atoms with Crippen LogP contribution in [0.5, 0.6) is 5.75 Å². The van der Waals surface area contributed by atoms with Crippen molar-refractivity contribution in [3.8, 4) is 5.75 Å². The van der Waals surface area contributed by atoms with Gasteiger partial charge in [0.1, 0.15) is 10.8 Å².